The highest BCUT2D eigenvalue weighted by atomic mass is 35.5. The molecule has 1 aromatic heterocycles. The van der Waals surface area contributed by atoms with Crippen LogP contribution in [-0.4, -0.2) is 20.3 Å². The molecule has 5 heteroatoms. The summed E-state index contributed by atoms with van der Waals surface area (Å²) < 4.78 is 0. The van der Waals surface area contributed by atoms with Gasteiger partial charge in [0, 0.05) is 5.56 Å². The van der Waals surface area contributed by atoms with Crippen molar-refractivity contribution in [3.05, 3.63) is 30.1 Å². The van der Waals surface area contributed by atoms with Gasteiger partial charge in [-0.15, -0.1) is 11.6 Å². The Morgan fingerprint density at radius 3 is 2.87 bits per heavy atom. The highest BCUT2D eigenvalue weighted by Gasteiger charge is 2.09. The monoisotopic (exact) mass is 223 g/mol. The summed E-state index contributed by atoms with van der Waals surface area (Å²) in [5.74, 6) is 1.35. The van der Waals surface area contributed by atoms with Crippen LogP contribution in [0.25, 0.3) is 11.4 Å². The lowest BCUT2D eigenvalue weighted by atomic mass is 10.2. The van der Waals surface area contributed by atoms with Gasteiger partial charge in [0.15, 0.2) is 5.82 Å². The molecule has 0 aliphatic rings. The van der Waals surface area contributed by atoms with Crippen LogP contribution in [-0.2, 0) is 0 Å². The first-order valence-corrected chi connectivity index (χ1v) is 4.96. The average Bonchev–Trinajstić information content (AvgIpc) is 2.66. The summed E-state index contributed by atoms with van der Waals surface area (Å²) in [4.78, 5) is 4.21. The van der Waals surface area contributed by atoms with Crippen molar-refractivity contribution in [3.8, 4) is 17.1 Å². The van der Waals surface area contributed by atoms with Crippen LogP contribution >= 0.6 is 11.6 Å². The third-order valence-electron chi connectivity index (χ3n) is 1.98. The fourth-order valence-corrected chi connectivity index (χ4v) is 1.32. The largest absolute Gasteiger partial charge is 0.508 e. The van der Waals surface area contributed by atoms with E-state index in [4.69, 9.17) is 11.6 Å². The summed E-state index contributed by atoms with van der Waals surface area (Å²) >= 11 is 5.85. The molecule has 0 fully saturated rings. The molecular formula is C10H10ClN3O. The van der Waals surface area contributed by atoms with Crippen molar-refractivity contribution in [1.82, 2.24) is 15.2 Å². The fourth-order valence-electron chi connectivity index (χ4n) is 1.23. The molecule has 1 unspecified atom stereocenters. The van der Waals surface area contributed by atoms with Gasteiger partial charge in [0.05, 0.1) is 5.38 Å². The van der Waals surface area contributed by atoms with Gasteiger partial charge in [-0.25, -0.2) is 4.98 Å². The number of nitrogens with one attached hydrogen (secondary N) is 1. The first-order valence-electron chi connectivity index (χ1n) is 4.52. The molecule has 0 saturated heterocycles. The molecule has 0 spiro atoms. The number of rotatable bonds is 2. The van der Waals surface area contributed by atoms with E-state index in [2.05, 4.69) is 15.2 Å². The number of alkyl halides is 1. The van der Waals surface area contributed by atoms with Crippen LogP contribution in [0.4, 0.5) is 0 Å². The maximum atomic E-state index is 9.30. The van der Waals surface area contributed by atoms with E-state index in [9.17, 15) is 5.11 Å². The number of aromatic nitrogens is 3. The summed E-state index contributed by atoms with van der Waals surface area (Å²) in [5, 5.41) is 15.9. The second-order valence-electron chi connectivity index (χ2n) is 3.21. The zero-order valence-corrected chi connectivity index (χ0v) is 8.86. The number of aromatic hydroxyl groups is 1. The molecule has 0 saturated carbocycles. The van der Waals surface area contributed by atoms with Gasteiger partial charge in [0.1, 0.15) is 11.6 Å². The third-order valence-corrected chi connectivity index (χ3v) is 2.19. The Bertz CT molecular complexity index is 467. The number of benzene rings is 1. The Kier molecular flexibility index (Phi) is 2.60. The number of phenolic OH excluding ortho intramolecular Hbond substituents is 1. The SMILES string of the molecule is CC(Cl)c1nc(-c2cccc(O)c2)n[nH]1. The summed E-state index contributed by atoms with van der Waals surface area (Å²) in [5.41, 5.74) is 0.759. The lowest BCUT2D eigenvalue weighted by Crippen LogP contribution is -1.86. The van der Waals surface area contributed by atoms with E-state index in [-0.39, 0.29) is 11.1 Å². The first kappa shape index (κ1) is 9.98. The van der Waals surface area contributed by atoms with Crippen LogP contribution in [0, 0.1) is 0 Å². The molecule has 0 amide bonds. The molecule has 0 aliphatic carbocycles. The smallest absolute Gasteiger partial charge is 0.181 e. The number of phenols is 1. The first-order chi connectivity index (χ1) is 7.16. The van der Waals surface area contributed by atoms with Gasteiger partial charge in [-0.05, 0) is 19.1 Å². The maximum Gasteiger partial charge on any atom is 0.181 e. The van der Waals surface area contributed by atoms with Gasteiger partial charge in [0.25, 0.3) is 0 Å². The van der Waals surface area contributed by atoms with Crippen molar-refractivity contribution < 1.29 is 5.11 Å². The molecule has 2 N–H and O–H groups in total. The topological polar surface area (TPSA) is 61.8 Å². The summed E-state index contributed by atoms with van der Waals surface area (Å²) in [6.07, 6.45) is 0. The van der Waals surface area contributed by atoms with Gasteiger partial charge < -0.3 is 5.11 Å². The summed E-state index contributed by atoms with van der Waals surface area (Å²) in [6.45, 7) is 1.81. The van der Waals surface area contributed by atoms with E-state index >= 15 is 0 Å². The van der Waals surface area contributed by atoms with E-state index in [1.54, 1.807) is 18.2 Å². The van der Waals surface area contributed by atoms with Crippen molar-refractivity contribution >= 4 is 11.6 Å². The maximum absolute atomic E-state index is 9.30. The third kappa shape index (κ3) is 2.10. The van der Waals surface area contributed by atoms with E-state index in [0.29, 0.717) is 11.6 Å². The predicted molar refractivity (Wildman–Crippen MR) is 57.8 cm³/mol. The molecule has 1 aromatic carbocycles. The molecule has 15 heavy (non-hydrogen) atoms. The van der Waals surface area contributed by atoms with E-state index in [0.717, 1.165) is 5.56 Å². The minimum absolute atomic E-state index is 0.192. The van der Waals surface area contributed by atoms with E-state index < -0.39 is 0 Å². The second-order valence-corrected chi connectivity index (χ2v) is 3.87. The standard InChI is InChI=1S/C10H10ClN3O/c1-6(11)9-12-10(14-13-9)7-3-2-4-8(15)5-7/h2-6,15H,1H3,(H,12,13,14). The van der Waals surface area contributed by atoms with Crippen LogP contribution < -0.4 is 0 Å². The number of H-pyrrole nitrogens is 1. The molecule has 0 bridgehead atoms. The lowest BCUT2D eigenvalue weighted by Gasteiger charge is -1.96. The van der Waals surface area contributed by atoms with Gasteiger partial charge in [-0.2, -0.15) is 5.10 Å². The fraction of sp³-hybridized carbons (Fsp3) is 0.200. The van der Waals surface area contributed by atoms with Crippen LogP contribution in [0.1, 0.15) is 18.1 Å². The Labute approximate surface area is 91.9 Å². The Balaban J connectivity index is 2.37. The molecule has 0 radical (unpaired) electrons. The van der Waals surface area contributed by atoms with Gasteiger partial charge in [-0.3, -0.25) is 5.10 Å². The van der Waals surface area contributed by atoms with Crippen LogP contribution in [0.5, 0.6) is 5.75 Å². The Morgan fingerprint density at radius 1 is 1.47 bits per heavy atom. The van der Waals surface area contributed by atoms with Crippen LogP contribution in [0.2, 0.25) is 0 Å². The number of hydrogen-bond acceptors (Lipinski definition) is 3. The van der Waals surface area contributed by atoms with E-state index in [1.165, 1.54) is 0 Å². The van der Waals surface area contributed by atoms with Crippen molar-refractivity contribution in [2.45, 2.75) is 12.3 Å². The van der Waals surface area contributed by atoms with Crippen molar-refractivity contribution in [2.75, 3.05) is 0 Å². The second kappa shape index (κ2) is 3.90. The highest BCUT2D eigenvalue weighted by Crippen LogP contribution is 2.22. The quantitative estimate of drug-likeness (QED) is 0.769. The lowest BCUT2D eigenvalue weighted by molar-refractivity contribution is 0.475. The molecule has 1 atom stereocenters. The van der Waals surface area contributed by atoms with Gasteiger partial charge in [-0.1, -0.05) is 12.1 Å². The number of halogens is 1. The molecule has 1 heterocycles. The van der Waals surface area contributed by atoms with Crippen molar-refractivity contribution in [2.24, 2.45) is 0 Å². The molecule has 4 nitrogen and oxygen atoms in total. The molecule has 2 rings (SSSR count). The summed E-state index contributed by atoms with van der Waals surface area (Å²) in [6, 6.07) is 6.77. The minimum atomic E-state index is -0.205. The van der Waals surface area contributed by atoms with Gasteiger partial charge in [0.2, 0.25) is 0 Å². The van der Waals surface area contributed by atoms with E-state index in [1.807, 2.05) is 13.0 Å². The average molecular weight is 224 g/mol. The predicted octanol–water partition coefficient (Wildman–Crippen LogP) is 2.48. The zero-order valence-electron chi connectivity index (χ0n) is 8.11. The molecule has 78 valence electrons. The highest BCUT2D eigenvalue weighted by molar-refractivity contribution is 6.20. The van der Waals surface area contributed by atoms with Crippen molar-refractivity contribution in [3.63, 3.8) is 0 Å². The molecule has 0 aliphatic heterocycles. The number of hydrogen-bond donors (Lipinski definition) is 2. The number of nitrogens with zero attached hydrogens (tertiary/aromatic N) is 2. The minimum Gasteiger partial charge on any atom is -0.508 e. The number of aromatic amines is 1. The van der Waals surface area contributed by atoms with Gasteiger partial charge >= 0.3 is 0 Å². The van der Waals surface area contributed by atoms with Crippen molar-refractivity contribution in [1.29, 1.82) is 0 Å². The molecular weight excluding hydrogens is 214 g/mol. The van der Waals surface area contributed by atoms with Crippen LogP contribution in [0.3, 0.4) is 0 Å². The zero-order chi connectivity index (χ0) is 10.8. The Hall–Kier alpha value is -1.55. The van der Waals surface area contributed by atoms with Crippen LogP contribution in [0.15, 0.2) is 24.3 Å². The Morgan fingerprint density at radius 2 is 2.27 bits per heavy atom. The summed E-state index contributed by atoms with van der Waals surface area (Å²) in [7, 11) is 0. The normalized spacial score (nSPS) is 12.7. The molecule has 2 aromatic rings.